The molecular weight excluding hydrogens is 257 g/mol. The number of fused-ring (bicyclic) bond motifs is 1. The first-order valence-corrected chi connectivity index (χ1v) is 5.77. The molecule has 3 rings (SSSR count). The lowest BCUT2D eigenvalue weighted by Gasteiger charge is -2.02. The summed E-state index contributed by atoms with van der Waals surface area (Å²) in [7, 11) is 0. The van der Waals surface area contributed by atoms with Crippen molar-refractivity contribution in [2.75, 3.05) is 0 Å². The molecule has 0 aliphatic heterocycles. The normalized spacial score (nSPS) is 10.9. The molecule has 1 aromatic carbocycles. The highest BCUT2D eigenvalue weighted by molar-refractivity contribution is 6.31. The second-order valence-corrected chi connectivity index (χ2v) is 4.40. The summed E-state index contributed by atoms with van der Waals surface area (Å²) >= 11 is 12.1. The quantitative estimate of drug-likeness (QED) is 0.627. The molecule has 5 heteroatoms. The zero-order valence-electron chi connectivity index (χ0n) is 8.64. The van der Waals surface area contributed by atoms with Crippen molar-refractivity contribution < 1.29 is 0 Å². The van der Waals surface area contributed by atoms with E-state index in [1.165, 1.54) is 0 Å². The second kappa shape index (κ2) is 4.02. The van der Waals surface area contributed by atoms with Crippen molar-refractivity contribution in [2.45, 2.75) is 0 Å². The van der Waals surface area contributed by atoms with Crippen molar-refractivity contribution in [3.8, 4) is 11.4 Å². The highest BCUT2D eigenvalue weighted by atomic mass is 35.5. The Hall–Kier alpha value is -1.58. The van der Waals surface area contributed by atoms with E-state index in [4.69, 9.17) is 23.2 Å². The fraction of sp³-hybridized carbons (Fsp3) is 0. The third-order valence-corrected chi connectivity index (χ3v) is 2.99. The Kier molecular flexibility index (Phi) is 2.50. The molecule has 0 spiro atoms. The summed E-state index contributed by atoms with van der Waals surface area (Å²) in [5.41, 5.74) is 1.60. The van der Waals surface area contributed by atoms with E-state index in [1.807, 2.05) is 36.4 Å². The zero-order valence-corrected chi connectivity index (χ0v) is 10.2. The lowest BCUT2D eigenvalue weighted by molar-refractivity contribution is 1.11. The van der Waals surface area contributed by atoms with Crippen LogP contribution < -0.4 is 0 Å². The first-order chi connectivity index (χ1) is 8.25. The lowest BCUT2D eigenvalue weighted by Crippen LogP contribution is -1.90. The Labute approximate surface area is 108 Å². The van der Waals surface area contributed by atoms with Gasteiger partial charge in [-0.1, -0.05) is 41.4 Å². The van der Waals surface area contributed by atoms with Crippen molar-refractivity contribution in [2.24, 2.45) is 0 Å². The molecule has 0 amide bonds. The first-order valence-electron chi connectivity index (χ1n) is 5.01. The zero-order chi connectivity index (χ0) is 11.8. The number of aromatic nitrogens is 3. The summed E-state index contributed by atoms with van der Waals surface area (Å²) in [6, 6.07) is 12.9. The van der Waals surface area contributed by atoms with Crippen LogP contribution in [0.25, 0.3) is 17.0 Å². The van der Waals surface area contributed by atoms with Crippen molar-refractivity contribution in [1.82, 2.24) is 14.6 Å². The van der Waals surface area contributed by atoms with Crippen LogP contribution in [0.1, 0.15) is 0 Å². The van der Waals surface area contributed by atoms with Gasteiger partial charge in [-0.2, -0.15) is 0 Å². The third kappa shape index (κ3) is 1.77. The average molecular weight is 264 g/mol. The van der Waals surface area contributed by atoms with Gasteiger partial charge in [0.05, 0.1) is 0 Å². The maximum Gasteiger partial charge on any atom is 0.169 e. The molecule has 0 N–H and O–H groups in total. The molecule has 17 heavy (non-hydrogen) atoms. The van der Waals surface area contributed by atoms with E-state index < -0.39 is 0 Å². The van der Waals surface area contributed by atoms with Crippen LogP contribution in [0.3, 0.4) is 0 Å². The Bertz CT molecular complexity index is 691. The van der Waals surface area contributed by atoms with Gasteiger partial charge >= 0.3 is 0 Å². The molecule has 0 atom stereocenters. The molecule has 3 nitrogen and oxygen atoms in total. The molecule has 0 saturated heterocycles. The number of benzene rings is 1. The summed E-state index contributed by atoms with van der Waals surface area (Å²) in [4.78, 5) is 0. The van der Waals surface area contributed by atoms with Crippen LogP contribution in [-0.2, 0) is 0 Å². The van der Waals surface area contributed by atoms with Crippen LogP contribution in [0.2, 0.25) is 10.2 Å². The molecule has 0 fully saturated rings. The number of hydrogen-bond donors (Lipinski definition) is 0. The van der Waals surface area contributed by atoms with Gasteiger partial charge < -0.3 is 0 Å². The van der Waals surface area contributed by atoms with Crippen LogP contribution in [0.4, 0.5) is 0 Å². The van der Waals surface area contributed by atoms with Gasteiger partial charge in [0.15, 0.2) is 11.5 Å². The fourth-order valence-electron chi connectivity index (χ4n) is 1.72. The largest absolute Gasteiger partial charge is 0.265 e. The molecule has 2 aromatic heterocycles. The first kappa shape index (κ1) is 10.6. The number of halogens is 2. The highest BCUT2D eigenvalue weighted by Crippen LogP contribution is 2.24. The molecule has 0 unspecified atom stereocenters. The van der Waals surface area contributed by atoms with Crippen LogP contribution in [-0.4, -0.2) is 14.6 Å². The molecule has 0 aliphatic rings. The van der Waals surface area contributed by atoms with Crippen molar-refractivity contribution in [3.05, 3.63) is 52.6 Å². The Morgan fingerprint density at radius 2 is 1.76 bits per heavy atom. The summed E-state index contributed by atoms with van der Waals surface area (Å²) in [6.07, 6.45) is 0. The number of rotatable bonds is 1. The minimum Gasteiger partial charge on any atom is -0.265 e. The van der Waals surface area contributed by atoms with E-state index in [9.17, 15) is 0 Å². The lowest BCUT2D eigenvalue weighted by atomic mass is 10.2. The van der Waals surface area contributed by atoms with Crippen molar-refractivity contribution >= 4 is 28.8 Å². The molecule has 3 aromatic rings. The standard InChI is InChI=1S/C12H7Cl2N3/c13-9-4-1-3-8(7-9)12-16-15-11-6-2-5-10(14)17(11)12/h1-7H. The molecule has 0 radical (unpaired) electrons. The minimum absolute atomic E-state index is 0.572. The van der Waals surface area contributed by atoms with Crippen LogP contribution in [0, 0.1) is 0 Å². The van der Waals surface area contributed by atoms with Crippen LogP contribution in [0.5, 0.6) is 0 Å². The summed E-state index contributed by atoms with van der Waals surface area (Å²) in [6.45, 7) is 0. The molecule has 0 aliphatic carbocycles. The molecule has 84 valence electrons. The van der Waals surface area contributed by atoms with E-state index in [2.05, 4.69) is 10.2 Å². The van der Waals surface area contributed by atoms with Gasteiger partial charge in [0.2, 0.25) is 0 Å². The van der Waals surface area contributed by atoms with Gasteiger partial charge in [-0.05, 0) is 24.3 Å². The minimum atomic E-state index is 0.572. The van der Waals surface area contributed by atoms with E-state index in [0.717, 1.165) is 5.56 Å². The Morgan fingerprint density at radius 1 is 0.941 bits per heavy atom. The third-order valence-electron chi connectivity index (χ3n) is 2.46. The topological polar surface area (TPSA) is 30.2 Å². The van der Waals surface area contributed by atoms with Gasteiger partial charge in [-0.25, -0.2) is 0 Å². The van der Waals surface area contributed by atoms with E-state index in [0.29, 0.717) is 21.6 Å². The van der Waals surface area contributed by atoms with Crippen molar-refractivity contribution in [3.63, 3.8) is 0 Å². The van der Waals surface area contributed by atoms with Gasteiger partial charge in [-0.15, -0.1) is 10.2 Å². The van der Waals surface area contributed by atoms with E-state index in [-0.39, 0.29) is 0 Å². The van der Waals surface area contributed by atoms with Crippen molar-refractivity contribution in [1.29, 1.82) is 0 Å². The van der Waals surface area contributed by atoms with E-state index in [1.54, 1.807) is 10.5 Å². The number of hydrogen-bond acceptors (Lipinski definition) is 2. The Balaban J connectivity index is 2.31. The van der Waals surface area contributed by atoms with Gasteiger partial charge in [0.25, 0.3) is 0 Å². The maximum absolute atomic E-state index is 6.14. The predicted molar refractivity (Wildman–Crippen MR) is 68.4 cm³/mol. The summed E-state index contributed by atoms with van der Waals surface area (Å²) in [5.74, 6) is 0.688. The Morgan fingerprint density at radius 3 is 2.59 bits per heavy atom. The average Bonchev–Trinajstić information content (AvgIpc) is 2.74. The van der Waals surface area contributed by atoms with Gasteiger partial charge in [0, 0.05) is 10.6 Å². The second-order valence-electron chi connectivity index (χ2n) is 3.58. The molecule has 0 bridgehead atoms. The fourth-order valence-corrected chi connectivity index (χ4v) is 2.15. The smallest absolute Gasteiger partial charge is 0.169 e. The molecule has 2 heterocycles. The summed E-state index contributed by atoms with van der Waals surface area (Å²) in [5, 5.41) is 9.44. The maximum atomic E-state index is 6.14. The van der Waals surface area contributed by atoms with Gasteiger partial charge in [-0.3, -0.25) is 4.40 Å². The SMILES string of the molecule is Clc1cccc(-c2nnc3cccc(Cl)n23)c1. The van der Waals surface area contributed by atoms with Crippen LogP contribution >= 0.6 is 23.2 Å². The predicted octanol–water partition coefficient (Wildman–Crippen LogP) is 3.70. The monoisotopic (exact) mass is 263 g/mol. The van der Waals surface area contributed by atoms with E-state index >= 15 is 0 Å². The molecule has 0 saturated carbocycles. The number of nitrogens with zero attached hydrogens (tertiary/aromatic N) is 3. The van der Waals surface area contributed by atoms with Gasteiger partial charge in [0.1, 0.15) is 5.15 Å². The summed E-state index contributed by atoms with van der Waals surface area (Å²) < 4.78 is 1.78. The molecular formula is C12H7Cl2N3. The van der Waals surface area contributed by atoms with Crippen LogP contribution in [0.15, 0.2) is 42.5 Å². The number of pyridine rings is 1. The highest BCUT2D eigenvalue weighted by Gasteiger charge is 2.10.